The Bertz CT molecular complexity index is 566. The first-order valence-electron chi connectivity index (χ1n) is 6.38. The molecule has 2 aromatic rings. The molecule has 0 atom stereocenters. The van der Waals surface area contributed by atoms with Crippen molar-refractivity contribution in [2.75, 3.05) is 13.2 Å². The van der Waals surface area contributed by atoms with E-state index in [1.54, 1.807) is 12.1 Å². The van der Waals surface area contributed by atoms with Crippen molar-refractivity contribution in [2.45, 2.75) is 19.3 Å². The number of hydrogen-bond donors (Lipinski definition) is 3. The minimum Gasteiger partial charge on any atom is -0.396 e. The van der Waals surface area contributed by atoms with E-state index >= 15 is 0 Å². The van der Waals surface area contributed by atoms with Gasteiger partial charge in [0.15, 0.2) is 0 Å². The zero-order valence-electron chi connectivity index (χ0n) is 10.6. The third-order valence-electron chi connectivity index (χ3n) is 2.97. The van der Waals surface area contributed by atoms with Crippen LogP contribution in [0.25, 0.3) is 10.9 Å². The van der Waals surface area contributed by atoms with E-state index in [0.717, 1.165) is 30.2 Å². The Morgan fingerprint density at radius 2 is 2.16 bits per heavy atom. The van der Waals surface area contributed by atoms with Crippen LogP contribution in [0.15, 0.2) is 24.3 Å². The second-order valence-electron chi connectivity index (χ2n) is 4.43. The van der Waals surface area contributed by atoms with Crippen molar-refractivity contribution >= 4 is 28.4 Å². The highest BCUT2D eigenvalue weighted by Gasteiger charge is 2.10. The number of rotatable bonds is 6. The molecule has 1 heterocycles. The molecule has 5 heteroatoms. The number of fused-ring (bicyclic) bond motifs is 1. The molecular weight excluding hydrogens is 264 g/mol. The maximum atomic E-state index is 11.9. The number of hydrogen-bond acceptors (Lipinski definition) is 2. The van der Waals surface area contributed by atoms with Crippen LogP contribution < -0.4 is 5.32 Å². The van der Waals surface area contributed by atoms with Gasteiger partial charge in [-0.25, -0.2) is 0 Å². The van der Waals surface area contributed by atoms with Crippen molar-refractivity contribution in [3.63, 3.8) is 0 Å². The smallest absolute Gasteiger partial charge is 0.267 e. The van der Waals surface area contributed by atoms with Gasteiger partial charge in [-0.15, -0.1) is 0 Å². The Labute approximate surface area is 116 Å². The molecule has 19 heavy (non-hydrogen) atoms. The fraction of sp³-hybridized carbons (Fsp3) is 0.357. The first-order valence-corrected chi connectivity index (χ1v) is 6.76. The third-order valence-corrected chi connectivity index (χ3v) is 3.29. The number of aromatic nitrogens is 1. The van der Waals surface area contributed by atoms with E-state index in [4.69, 9.17) is 16.7 Å². The number of amides is 1. The van der Waals surface area contributed by atoms with Crippen LogP contribution in [0.4, 0.5) is 0 Å². The van der Waals surface area contributed by atoms with Crippen LogP contribution in [0, 0.1) is 0 Å². The summed E-state index contributed by atoms with van der Waals surface area (Å²) in [4.78, 5) is 15.0. The van der Waals surface area contributed by atoms with Crippen LogP contribution in [-0.4, -0.2) is 29.1 Å². The number of benzene rings is 1. The Balaban J connectivity index is 1.96. The molecule has 0 fully saturated rings. The Hall–Kier alpha value is -1.52. The first-order chi connectivity index (χ1) is 9.22. The predicted octanol–water partition coefficient (Wildman–Crippen LogP) is 2.71. The summed E-state index contributed by atoms with van der Waals surface area (Å²) in [6.45, 7) is 0.816. The highest BCUT2D eigenvalue weighted by Crippen LogP contribution is 2.23. The Morgan fingerprint density at radius 3 is 2.89 bits per heavy atom. The van der Waals surface area contributed by atoms with Gasteiger partial charge in [-0.05, 0) is 31.4 Å². The van der Waals surface area contributed by atoms with E-state index in [1.807, 2.05) is 12.1 Å². The highest BCUT2D eigenvalue weighted by molar-refractivity contribution is 6.35. The van der Waals surface area contributed by atoms with Gasteiger partial charge in [0.25, 0.3) is 5.91 Å². The molecule has 0 spiro atoms. The molecule has 0 bridgehead atoms. The fourth-order valence-corrected chi connectivity index (χ4v) is 2.18. The van der Waals surface area contributed by atoms with Gasteiger partial charge in [-0.3, -0.25) is 4.79 Å². The lowest BCUT2D eigenvalue weighted by Crippen LogP contribution is -2.24. The molecule has 0 saturated heterocycles. The molecule has 0 saturated carbocycles. The summed E-state index contributed by atoms with van der Waals surface area (Å²) < 4.78 is 0. The van der Waals surface area contributed by atoms with Gasteiger partial charge in [-0.1, -0.05) is 23.7 Å². The lowest BCUT2D eigenvalue weighted by molar-refractivity contribution is 0.0948. The molecule has 102 valence electrons. The van der Waals surface area contributed by atoms with E-state index in [2.05, 4.69) is 10.3 Å². The lowest BCUT2D eigenvalue weighted by atomic mass is 10.2. The number of carbonyl (C=O) groups is 1. The first kappa shape index (κ1) is 13.9. The number of aliphatic hydroxyl groups is 1. The van der Waals surface area contributed by atoms with E-state index in [-0.39, 0.29) is 12.5 Å². The molecular formula is C14H17ClN2O2. The molecule has 0 radical (unpaired) electrons. The summed E-state index contributed by atoms with van der Waals surface area (Å²) in [5.41, 5.74) is 1.31. The monoisotopic (exact) mass is 280 g/mol. The number of unbranched alkanes of at least 4 members (excludes halogenated alkanes) is 2. The minimum absolute atomic E-state index is 0.128. The average molecular weight is 281 g/mol. The summed E-state index contributed by atoms with van der Waals surface area (Å²) in [5.74, 6) is -0.128. The quantitative estimate of drug-likeness (QED) is 0.712. The largest absolute Gasteiger partial charge is 0.396 e. The van der Waals surface area contributed by atoms with Crippen LogP contribution >= 0.6 is 11.6 Å². The number of carbonyl (C=O) groups excluding carboxylic acids is 1. The lowest BCUT2D eigenvalue weighted by Gasteiger charge is -2.02. The Kier molecular flexibility index (Phi) is 4.82. The summed E-state index contributed by atoms with van der Waals surface area (Å²) in [7, 11) is 0. The zero-order valence-corrected chi connectivity index (χ0v) is 11.3. The van der Waals surface area contributed by atoms with Gasteiger partial charge in [-0.2, -0.15) is 0 Å². The standard InChI is InChI=1S/C14H17ClN2O2/c15-11-6-4-5-10-9-12(17-13(10)11)14(19)16-7-2-1-3-8-18/h4-6,9,17-18H,1-3,7-8H2,(H,16,19). The molecule has 0 aliphatic carbocycles. The molecule has 3 N–H and O–H groups in total. The van der Waals surface area contributed by atoms with Crippen LogP contribution in [0.3, 0.4) is 0 Å². The third kappa shape index (κ3) is 3.49. The van der Waals surface area contributed by atoms with Crippen molar-refractivity contribution in [2.24, 2.45) is 0 Å². The molecule has 1 aromatic carbocycles. The molecule has 0 aliphatic rings. The normalized spacial score (nSPS) is 10.8. The summed E-state index contributed by atoms with van der Waals surface area (Å²) in [6.07, 6.45) is 2.56. The molecule has 0 aliphatic heterocycles. The number of aromatic amines is 1. The summed E-state index contributed by atoms with van der Waals surface area (Å²) in [5, 5.41) is 13.0. The average Bonchev–Trinajstić information content (AvgIpc) is 2.84. The van der Waals surface area contributed by atoms with Crippen molar-refractivity contribution in [1.29, 1.82) is 0 Å². The van der Waals surface area contributed by atoms with Crippen LogP contribution in [0.5, 0.6) is 0 Å². The molecule has 1 aromatic heterocycles. The second kappa shape index (κ2) is 6.59. The number of nitrogens with one attached hydrogen (secondary N) is 2. The van der Waals surface area contributed by atoms with Crippen molar-refractivity contribution in [3.8, 4) is 0 Å². The van der Waals surface area contributed by atoms with Crippen molar-refractivity contribution in [3.05, 3.63) is 35.0 Å². The maximum absolute atomic E-state index is 11.9. The number of aliphatic hydroxyl groups excluding tert-OH is 1. The highest BCUT2D eigenvalue weighted by atomic mass is 35.5. The van der Waals surface area contributed by atoms with Gasteiger partial charge in [0.2, 0.25) is 0 Å². The predicted molar refractivity (Wildman–Crippen MR) is 76.6 cm³/mol. The van der Waals surface area contributed by atoms with Crippen molar-refractivity contribution < 1.29 is 9.90 Å². The number of H-pyrrole nitrogens is 1. The second-order valence-corrected chi connectivity index (χ2v) is 4.83. The SMILES string of the molecule is O=C(NCCCCCO)c1cc2cccc(Cl)c2[nH]1. The van der Waals surface area contributed by atoms with Gasteiger partial charge >= 0.3 is 0 Å². The van der Waals surface area contributed by atoms with E-state index in [0.29, 0.717) is 17.3 Å². The van der Waals surface area contributed by atoms with Crippen LogP contribution in [-0.2, 0) is 0 Å². The maximum Gasteiger partial charge on any atom is 0.267 e. The molecule has 2 rings (SSSR count). The van der Waals surface area contributed by atoms with E-state index < -0.39 is 0 Å². The summed E-state index contributed by atoms with van der Waals surface area (Å²) in [6, 6.07) is 7.35. The number of halogens is 1. The molecule has 0 unspecified atom stereocenters. The van der Waals surface area contributed by atoms with Gasteiger partial charge < -0.3 is 15.4 Å². The fourth-order valence-electron chi connectivity index (χ4n) is 1.95. The molecule has 1 amide bonds. The van der Waals surface area contributed by atoms with Gasteiger partial charge in [0.05, 0.1) is 10.5 Å². The van der Waals surface area contributed by atoms with E-state index in [1.165, 1.54) is 0 Å². The van der Waals surface area contributed by atoms with Crippen LogP contribution in [0.1, 0.15) is 29.8 Å². The molecule has 4 nitrogen and oxygen atoms in total. The van der Waals surface area contributed by atoms with Gasteiger partial charge in [0, 0.05) is 18.5 Å². The number of para-hydroxylation sites is 1. The van der Waals surface area contributed by atoms with E-state index in [9.17, 15) is 4.79 Å². The summed E-state index contributed by atoms with van der Waals surface area (Å²) >= 11 is 6.05. The zero-order chi connectivity index (χ0) is 13.7. The van der Waals surface area contributed by atoms with Crippen LogP contribution in [0.2, 0.25) is 5.02 Å². The minimum atomic E-state index is -0.128. The van der Waals surface area contributed by atoms with Gasteiger partial charge in [0.1, 0.15) is 5.69 Å². The van der Waals surface area contributed by atoms with Crippen molar-refractivity contribution in [1.82, 2.24) is 10.3 Å². The topological polar surface area (TPSA) is 65.1 Å². The Morgan fingerprint density at radius 1 is 1.32 bits per heavy atom.